The minimum absolute atomic E-state index is 0.282. The minimum atomic E-state index is -0.442. The number of nitrogens with zero attached hydrogens (tertiary/aromatic N) is 2. The zero-order valence-corrected chi connectivity index (χ0v) is 11.3. The summed E-state index contributed by atoms with van der Waals surface area (Å²) < 4.78 is 1.91. The van der Waals surface area contributed by atoms with E-state index >= 15 is 0 Å². The Balaban J connectivity index is 2.13. The molecule has 0 aliphatic carbocycles. The molecule has 90 valence electrons. The molecule has 0 bridgehead atoms. The van der Waals surface area contributed by atoms with Crippen molar-refractivity contribution in [2.24, 2.45) is 7.05 Å². The lowest BCUT2D eigenvalue weighted by Gasteiger charge is -2.32. The van der Waals surface area contributed by atoms with Crippen molar-refractivity contribution in [2.45, 2.75) is 29.9 Å². The van der Waals surface area contributed by atoms with Gasteiger partial charge in [0, 0.05) is 41.4 Å². The fourth-order valence-electron chi connectivity index (χ4n) is 2.04. The highest BCUT2D eigenvalue weighted by Crippen LogP contribution is 2.39. The van der Waals surface area contributed by atoms with Crippen molar-refractivity contribution in [2.75, 3.05) is 11.5 Å². The van der Waals surface area contributed by atoms with E-state index in [0.29, 0.717) is 5.25 Å². The Bertz CT molecular complexity index is 342. The molecular weight excluding hydrogens is 240 g/mol. The van der Waals surface area contributed by atoms with Crippen molar-refractivity contribution in [1.82, 2.24) is 9.55 Å². The molecule has 0 radical (unpaired) electrons. The van der Waals surface area contributed by atoms with Gasteiger partial charge in [-0.3, -0.25) is 0 Å². The summed E-state index contributed by atoms with van der Waals surface area (Å²) in [6.45, 7) is 2.20. The smallest absolute Gasteiger partial charge is 0.138 e. The van der Waals surface area contributed by atoms with Crippen LogP contribution in [0.25, 0.3) is 0 Å². The third kappa shape index (κ3) is 2.41. The van der Waals surface area contributed by atoms with Crippen molar-refractivity contribution in [1.29, 1.82) is 0 Å². The molecule has 16 heavy (non-hydrogen) atoms. The summed E-state index contributed by atoms with van der Waals surface area (Å²) in [7, 11) is 1.94. The fraction of sp³-hybridized carbons (Fsp3) is 0.727. The first-order valence-corrected chi connectivity index (χ1v) is 7.72. The highest BCUT2D eigenvalue weighted by Gasteiger charge is 2.33. The van der Waals surface area contributed by atoms with E-state index in [1.165, 1.54) is 5.75 Å². The molecule has 1 N–H and O–H groups in total. The molecule has 1 fully saturated rings. The molecule has 2 heterocycles. The summed E-state index contributed by atoms with van der Waals surface area (Å²) in [4.78, 5) is 4.25. The largest absolute Gasteiger partial charge is 0.384 e. The first kappa shape index (κ1) is 12.3. The summed E-state index contributed by atoms with van der Waals surface area (Å²) in [6.07, 6.45) is 4.31. The Labute approximate surface area is 105 Å². The molecule has 3 atom stereocenters. The number of aryl methyl sites for hydroxylation is 1. The lowest BCUT2D eigenvalue weighted by molar-refractivity contribution is 0.159. The summed E-state index contributed by atoms with van der Waals surface area (Å²) in [5, 5.41) is 11.2. The molecule has 1 aliphatic rings. The number of hydrogen-bond donors (Lipinski definition) is 1. The van der Waals surface area contributed by atoms with Crippen molar-refractivity contribution < 1.29 is 5.11 Å². The first-order valence-electron chi connectivity index (χ1n) is 5.62. The van der Waals surface area contributed by atoms with E-state index in [4.69, 9.17) is 0 Å². The monoisotopic (exact) mass is 258 g/mol. The fourth-order valence-corrected chi connectivity index (χ4v) is 5.14. The van der Waals surface area contributed by atoms with E-state index in [-0.39, 0.29) is 5.25 Å². The number of rotatable bonds is 3. The van der Waals surface area contributed by atoms with Gasteiger partial charge in [-0.05, 0) is 6.42 Å². The van der Waals surface area contributed by atoms with Crippen LogP contribution in [0.15, 0.2) is 12.4 Å². The van der Waals surface area contributed by atoms with Gasteiger partial charge in [-0.25, -0.2) is 4.98 Å². The van der Waals surface area contributed by atoms with Gasteiger partial charge >= 0.3 is 0 Å². The highest BCUT2D eigenvalue weighted by atomic mass is 32.2. The van der Waals surface area contributed by atoms with Crippen LogP contribution in [0.1, 0.15) is 25.3 Å². The van der Waals surface area contributed by atoms with E-state index in [9.17, 15) is 5.11 Å². The molecule has 5 heteroatoms. The number of imidazole rings is 1. The molecular formula is C11H18N2OS2. The van der Waals surface area contributed by atoms with Crippen LogP contribution in [0.3, 0.4) is 0 Å². The summed E-state index contributed by atoms with van der Waals surface area (Å²) in [5.41, 5.74) is 0. The van der Waals surface area contributed by atoms with E-state index in [0.717, 1.165) is 18.0 Å². The van der Waals surface area contributed by atoms with E-state index in [1.807, 2.05) is 41.3 Å². The quantitative estimate of drug-likeness (QED) is 0.901. The van der Waals surface area contributed by atoms with E-state index < -0.39 is 6.10 Å². The Morgan fingerprint density at radius 1 is 1.56 bits per heavy atom. The molecule has 0 spiro atoms. The van der Waals surface area contributed by atoms with Crippen molar-refractivity contribution >= 4 is 23.5 Å². The van der Waals surface area contributed by atoms with Gasteiger partial charge in [0.05, 0.1) is 0 Å². The van der Waals surface area contributed by atoms with Gasteiger partial charge in [0.2, 0.25) is 0 Å². The van der Waals surface area contributed by atoms with Crippen LogP contribution in [-0.2, 0) is 7.05 Å². The van der Waals surface area contributed by atoms with Gasteiger partial charge < -0.3 is 9.67 Å². The first-order chi connectivity index (χ1) is 7.74. The summed E-state index contributed by atoms with van der Waals surface area (Å²) >= 11 is 3.87. The molecule has 1 saturated heterocycles. The third-order valence-corrected chi connectivity index (χ3v) is 6.26. The zero-order valence-electron chi connectivity index (χ0n) is 9.67. The van der Waals surface area contributed by atoms with Crippen LogP contribution in [0.4, 0.5) is 0 Å². The zero-order chi connectivity index (χ0) is 11.5. The SMILES string of the molecule is CCC1SCCSC1C(O)c1nccn1C. The summed E-state index contributed by atoms with van der Waals surface area (Å²) in [5.74, 6) is 3.12. The number of aliphatic hydroxyl groups is 1. The second-order valence-electron chi connectivity index (χ2n) is 3.99. The number of thioether (sulfide) groups is 2. The van der Waals surface area contributed by atoms with Gasteiger partial charge in [0.25, 0.3) is 0 Å². The van der Waals surface area contributed by atoms with Crippen molar-refractivity contribution in [3.8, 4) is 0 Å². The molecule has 0 aromatic carbocycles. The predicted molar refractivity (Wildman–Crippen MR) is 71.0 cm³/mol. The second kappa shape index (κ2) is 5.47. The molecule has 1 aromatic rings. The average Bonchev–Trinajstić information content (AvgIpc) is 2.74. The maximum absolute atomic E-state index is 10.4. The van der Waals surface area contributed by atoms with Crippen molar-refractivity contribution in [3.05, 3.63) is 18.2 Å². The lowest BCUT2D eigenvalue weighted by Crippen LogP contribution is -2.32. The van der Waals surface area contributed by atoms with Crippen LogP contribution in [0.5, 0.6) is 0 Å². The molecule has 0 saturated carbocycles. The molecule has 1 aliphatic heterocycles. The van der Waals surface area contributed by atoms with Gasteiger partial charge in [0.15, 0.2) is 0 Å². The standard InChI is InChI=1S/C11H18N2OS2/c1-3-8-10(16-7-6-15-8)9(14)11-12-4-5-13(11)2/h4-5,8-10,14H,3,6-7H2,1-2H3. The summed E-state index contributed by atoms with van der Waals surface area (Å²) in [6, 6.07) is 0. The lowest BCUT2D eigenvalue weighted by atomic mass is 10.1. The van der Waals surface area contributed by atoms with Gasteiger partial charge in [0.1, 0.15) is 11.9 Å². The van der Waals surface area contributed by atoms with Crippen molar-refractivity contribution in [3.63, 3.8) is 0 Å². The highest BCUT2D eigenvalue weighted by molar-refractivity contribution is 8.07. The normalized spacial score (nSPS) is 27.9. The minimum Gasteiger partial charge on any atom is -0.384 e. The van der Waals surface area contributed by atoms with Crippen LogP contribution >= 0.6 is 23.5 Å². The Hall–Kier alpha value is -0.130. The van der Waals surface area contributed by atoms with E-state index in [1.54, 1.807) is 6.20 Å². The van der Waals surface area contributed by atoms with Crippen LogP contribution in [0, 0.1) is 0 Å². The Morgan fingerprint density at radius 3 is 2.94 bits per heavy atom. The predicted octanol–water partition coefficient (Wildman–Crippen LogP) is 2.08. The second-order valence-corrected chi connectivity index (χ2v) is 6.63. The van der Waals surface area contributed by atoms with Crippen LogP contribution < -0.4 is 0 Å². The molecule has 3 unspecified atom stereocenters. The van der Waals surface area contributed by atoms with Gasteiger partial charge in [-0.15, -0.1) is 0 Å². The molecule has 1 aromatic heterocycles. The Kier molecular flexibility index (Phi) is 4.21. The molecule has 2 rings (SSSR count). The van der Waals surface area contributed by atoms with Gasteiger partial charge in [-0.2, -0.15) is 23.5 Å². The number of aromatic nitrogens is 2. The Morgan fingerprint density at radius 2 is 2.31 bits per heavy atom. The molecule has 3 nitrogen and oxygen atoms in total. The maximum Gasteiger partial charge on any atom is 0.138 e. The average molecular weight is 258 g/mol. The topological polar surface area (TPSA) is 38.1 Å². The van der Waals surface area contributed by atoms with Gasteiger partial charge in [-0.1, -0.05) is 6.92 Å². The van der Waals surface area contributed by atoms with Crippen LogP contribution in [-0.4, -0.2) is 36.7 Å². The third-order valence-electron chi connectivity index (χ3n) is 2.93. The maximum atomic E-state index is 10.4. The number of hydrogen-bond acceptors (Lipinski definition) is 4. The van der Waals surface area contributed by atoms with E-state index in [2.05, 4.69) is 11.9 Å². The molecule has 0 amide bonds. The van der Waals surface area contributed by atoms with Crippen LogP contribution in [0.2, 0.25) is 0 Å². The number of aliphatic hydroxyl groups excluding tert-OH is 1.